The summed E-state index contributed by atoms with van der Waals surface area (Å²) in [5.41, 5.74) is -0.154. The van der Waals surface area contributed by atoms with Gasteiger partial charge in [0.2, 0.25) is 0 Å². The van der Waals surface area contributed by atoms with Crippen molar-refractivity contribution in [1.82, 2.24) is 4.90 Å². The molecule has 8 nitrogen and oxygen atoms in total. The SMILES string of the molecule is CS(=O)(=O)c1cccc(NCC2CCN(CCO)CC2)c1[N+](=O)[O-]. The van der Waals surface area contributed by atoms with Crippen LogP contribution in [0.25, 0.3) is 0 Å². The molecule has 1 heterocycles. The van der Waals surface area contributed by atoms with Crippen LogP contribution < -0.4 is 5.32 Å². The normalized spacial score (nSPS) is 16.9. The molecule has 0 spiro atoms. The summed E-state index contributed by atoms with van der Waals surface area (Å²) in [4.78, 5) is 12.6. The zero-order chi connectivity index (χ0) is 17.7. The average molecular weight is 357 g/mol. The van der Waals surface area contributed by atoms with Gasteiger partial charge in [-0.3, -0.25) is 10.1 Å². The molecule has 1 saturated heterocycles. The third-order valence-electron chi connectivity index (χ3n) is 4.29. The first kappa shape index (κ1) is 18.6. The van der Waals surface area contributed by atoms with E-state index in [1.54, 1.807) is 0 Å². The number of hydrogen-bond acceptors (Lipinski definition) is 7. The fourth-order valence-corrected chi connectivity index (χ4v) is 3.82. The number of nitrogens with one attached hydrogen (secondary N) is 1. The predicted molar refractivity (Wildman–Crippen MR) is 90.9 cm³/mol. The van der Waals surface area contributed by atoms with Gasteiger partial charge in [-0.05, 0) is 44.0 Å². The number of anilines is 1. The minimum atomic E-state index is -3.67. The Morgan fingerprint density at radius 3 is 2.58 bits per heavy atom. The molecule has 1 aromatic rings. The van der Waals surface area contributed by atoms with Crippen LogP contribution in [-0.4, -0.2) is 62.4 Å². The van der Waals surface area contributed by atoms with Crippen LogP contribution in [0.3, 0.4) is 0 Å². The van der Waals surface area contributed by atoms with E-state index < -0.39 is 20.4 Å². The third-order valence-corrected chi connectivity index (χ3v) is 5.41. The zero-order valence-electron chi connectivity index (χ0n) is 13.6. The molecule has 0 atom stereocenters. The van der Waals surface area contributed by atoms with Crippen molar-refractivity contribution in [3.63, 3.8) is 0 Å². The molecule has 0 amide bonds. The molecule has 0 aromatic heterocycles. The Bertz CT molecular complexity index is 684. The summed E-state index contributed by atoms with van der Waals surface area (Å²) in [7, 11) is -3.67. The number of aliphatic hydroxyl groups excluding tert-OH is 1. The third kappa shape index (κ3) is 4.65. The number of hydrogen-bond donors (Lipinski definition) is 2. The molecule has 1 aliphatic rings. The lowest BCUT2D eigenvalue weighted by Crippen LogP contribution is -2.37. The molecule has 1 fully saturated rings. The van der Waals surface area contributed by atoms with Crippen LogP contribution in [0.2, 0.25) is 0 Å². The van der Waals surface area contributed by atoms with E-state index in [0.717, 1.165) is 32.2 Å². The highest BCUT2D eigenvalue weighted by molar-refractivity contribution is 7.90. The molecule has 9 heteroatoms. The Balaban J connectivity index is 2.07. The van der Waals surface area contributed by atoms with Gasteiger partial charge >= 0.3 is 5.69 Å². The number of nitrogens with zero attached hydrogens (tertiary/aromatic N) is 2. The van der Waals surface area contributed by atoms with Gasteiger partial charge < -0.3 is 15.3 Å². The fraction of sp³-hybridized carbons (Fsp3) is 0.600. The standard InChI is InChI=1S/C15H23N3O5S/c1-24(22,23)14-4-2-3-13(15(14)18(20)21)16-11-12-5-7-17(8-6-12)9-10-19/h2-4,12,16,19H,5-11H2,1H3. The van der Waals surface area contributed by atoms with E-state index in [1.165, 1.54) is 18.2 Å². The summed E-state index contributed by atoms with van der Waals surface area (Å²) in [5.74, 6) is 0.362. The highest BCUT2D eigenvalue weighted by Gasteiger charge is 2.27. The summed E-state index contributed by atoms with van der Waals surface area (Å²) >= 11 is 0. The maximum Gasteiger partial charge on any atom is 0.310 e. The Kier molecular flexibility index (Phi) is 6.14. The highest BCUT2D eigenvalue weighted by atomic mass is 32.2. The molecule has 24 heavy (non-hydrogen) atoms. The van der Waals surface area contributed by atoms with E-state index in [2.05, 4.69) is 10.2 Å². The van der Waals surface area contributed by atoms with E-state index in [1.807, 2.05) is 0 Å². The van der Waals surface area contributed by atoms with Crippen molar-refractivity contribution in [3.8, 4) is 0 Å². The van der Waals surface area contributed by atoms with Crippen molar-refractivity contribution in [2.24, 2.45) is 5.92 Å². The van der Waals surface area contributed by atoms with Crippen molar-refractivity contribution in [2.75, 3.05) is 44.4 Å². The molecule has 0 aliphatic carbocycles. The van der Waals surface area contributed by atoms with Gasteiger partial charge in [0.05, 0.1) is 11.5 Å². The second-order valence-electron chi connectivity index (χ2n) is 6.07. The van der Waals surface area contributed by atoms with E-state index in [9.17, 15) is 18.5 Å². The first-order valence-electron chi connectivity index (χ1n) is 7.87. The molecule has 1 aromatic carbocycles. The Hall–Kier alpha value is -1.71. The molecule has 0 unspecified atom stereocenters. The number of aliphatic hydroxyl groups is 1. The topological polar surface area (TPSA) is 113 Å². The van der Waals surface area contributed by atoms with Crippen LogP contribution in [0.15, 0.2) is 23.1 Å². The number of benzene rings is 1. The maximum absolute atomic E-state index is 11.8. The van der Waals surface area contributed by atoms with Crippen molar-refractivity contribution in [2.45, 2.75) is 17.7 Å². The molecule has 2 N–H and O–H groups in total. The van der Waals surface area contributed by atoms with Crippen molar-refractivity contribution >= 4 is 21.2 Å². The number of sulfone groups is 1. The van der Waals surface area contributed by atoms with Gasteiger partial charge in [0, 0.05) is 19.3 Å². The summed E-state index contributed by atoms with van der Waals surface area (Å²) < 4.78 is 23.5. The minimum absolute atomic E-state index is 0.146. The second kappa shape index (κ2) is 7.91. The number of para-hydroxylation sites is 1. The monoisotopic (exact) mass is 357 g/mol. The molecule has 2 rings (SSSR count). The van der Waals surface area contributed by atoms with Gasteiger partial charge in [0.1, 0.15) is 10.6 Å². The van der Waals surface area contributed by atoms with E-state index >= 15 is 0 Å². The first-order valence-corrected chi connectivity index (χ1v) is 9.76. The molecular weight excluding hydrogens is 334 g/mol. The van der Waals surface area contributed by atoms with Gasteiger partial charge in [-0.15, -0.1) is 0 Å². The minimum Gasteiger partial charge on any atom is -0.395 e. The fourth-order valence-electron chi connectivity index (χ4n) is 2.96. The predicted octanol–water partition coefficient (Wildman–Crippen LogP) is 1.11. The summed E-state index contributed by atoms with van der Waals surface area (Å²) in [5, 5.41) is 23.3. The van der Waals surface area contributed by atoms with Gasteiger partial charge in [-0.2, -0.15) is 0 Å². The van der Waals surface area contributed by atoms with Gasteiger partial charge in [0.25, 0.3) is 0 Å². The number of nitro groups is 1. The van der Waals surface area contributed by atoms with Crippen LogP contribution in [0.1, 0.15) is 12.8 Å². The molecule has 134 valence electrons. The number of piperidine rings is 1. The largest absolute Gasteiger partial charge is 0.395 e. The van der Waals surface area contributed by atoms with Crippen LogP contribution in [-0.2, 0) is 9.84 Å². The number of rotatable bonds is 7. The van der Waals surface area contributed by atoms with Gasteiger partial charge in [0.15, 0.2) is 9.84 Å². The van der Waals surface area contributed by atoms with Crippen LogP contribution in [0, 0.1) is 16.0 Å². The average Bonchev–Trinajstić information content (AvgIpc) is 2.53. The first-order chi connectivity index (χ1) is 11.3. The van der Waals surface area contributed by atoms with E-state index in [0.29, 0.717) is 19.0 Å². The van der Waals surface area contributed by atoms with Crippen LogP contribution in [0.5, 0.6) is 0 Å². The van der Waals surface area contributed by atoms with E-state index in [4.69, 9.17) is 5.11 Å². The summed E-state index contributed by atoms with van der Waals surface area (Å²) in [6.45, 7) is 3.15. The second-order valence-corrected chi connectivity index (χ2v) is 8.06. The van der Waals surface area contributed by atoms with Crippen molar-refractivity contribution in [3.05, 3.63) is 28.3 Å². The van der Waals surface area contributed by atoms with Crippen LogP contribution in [0.4, 0.5) is 11.4 Å². The van der Waals surface area contributed by atoms with Crippen molar-refractivity contribution in [1.29, 1.82) is 0 Å². The number of nitro benzene ring substituents is 1. The molecular formula is C15H23N3O5S. The lowest BCUT2D eigenvalue weighted by atomic mass is 9.96. The summed E-state index contributed by atoms with van der Waals surface area (Å²) in [6, 6.07) is 4.30. The lowest BCUT2D eigenvalue weighted by molar-refractivity contribution is -0.386. The Labute approximate surface area is 141 Å². The molecule has 0 bridgehead atoms. The maximum atomic E-state index is 11.8. The lowest BCUT2D eigenvalue weighted by Gasteiger charge is -2.31. The highest BCUT2D eigenvalue weighted by Crippen LogP contribution is 2.32. The Morgan fingerprint density at radius 2 is 2.04 bits per heavy atom. The molecule has 0 radical (unpaired) electrons. The Morgan fingerprint density at radius 1 is 1.38 bits per heavy atom. The molecule has 0 saturated carbocycles. The summed E-state index contributed by atoms with van der Waals surface area (Å²) in [6.07, 6.45) is 2.84. The molecule has 1 aliphatic heterocycles. The zero-order valence-corrected chi connectivity index (χ0v) is 14.5. The number of β-amino-alcohol motifs (C(OH)–C–C–N with tert-alkyl or cyclic N) is 1. The van der Waals surface area contributed by atoms with Crippen molar-refractivity contribution < 1.29 is 18.4 Å². The van der Waals surface area contributed by atoms with Gasteiger partial charge in [-0.1, -0.05) is 6.07 Å². The van der Waals surface area contributed by atoms with E-state index in [-0.39, 0.29) is 17.2 Å². The van der Waals surface area contributed by atoms with Crippen LogP contribution >= 0.6 is 0 Å². The smallest absolute Gasteiger partial charge is 0.310 e. The van der Waals surface area contributed by atoms with Gasteiger partial charge in [-0.25, -0.2) is 8.42 Å². The quantitative estimate of drug-likeness (QED) is 0.555. The number of likely N-dealkylation sites (tertiary alicyclic amines) is 1.